The topological polar surface area (TPSA) is 29.1 Å². The molecule has 80 valence electrons. The van der Waals surface area contributed by atoms with Gasteiger partial charge in [-0.15, -0.1) is 0 Å². The minimum atomic E-state index is 0.0573. The first-order valence-electron chi connectivity index (χ1n) is 5.60. The average Bonchev–Trinajstić information content (AvgIpc) is 2.16. The predicted molar refractivity (Wildman–Crippen MR) is 60.9 cm³/mol. The van der Waals surface area contributed by atoms with Crippen molar-refractivity contribution in [2.24, 2.45) is 5.92 Å². The molecule has 0 unspecified atom stereocenters. The quantitative estimate of drug-likeness (QED) is 0.803. The van der Waals surface area contributed by atoms with Gasteiger partial charge >= 0.3 is 0 Å². The Hall–Kier alpha value is -1.31. The number of rotatable bonds is 3. The smallest absolute Gasteiger partial charge is 0.251 e. The normalized spacial score (nSPS) is 15.8. The van der Waals surface area contributed by atoms with Crippen molar-refractivity contribution >= 4 is 5.91 Å². The number of carbonyl (C=O) groups is 1. The second-order valence-corrected chi connectivity index (χ2v) is 4.37. The van der Waals surface area contributed by atoms with Crippen molar-refractivity contribution in [2.45, 2.75) is 26.2 Å². The zero-order valence-electron chi connectivity index (χ0n) is 9.12. The first kappa shape index (κ1) is 10.2. The van der Waals surface area contributed by atoms with Crippen molar-refractivity contribution in [1.82, 2.24) is 5.32 Å². The summed E-state index contributed by atoms with van der Waals surface area (Å²) in [6.45, 7) is 2.86. The minimum absolute atomic E-state index is 0.0573. The molecule has 1 amide bonds. The van der Waals surface area contributed by atoms with Crippen molar-refractivity contribution in [2.75, 3.05) is 6.54 Å². The summed E-state index contributed by atoms with van der Waals surface area (Å²) >= 11 is 0. The molecule has 0 atom stereocenters. The van der Waals surface area contributed by atoms with E-state index in [4.69, 9.17) is 0 Å². The number of hydrogen-bond acceptors (Lipinski definition) is 1. The van der Waals surface area contributed by atoms with E-state index in [2.05, 4.69) is 5.32 Å². The van der Waals surface area contributed by atoms with Crippen LogP contribution in [-0.2, 0) is 0 Å². The van der Waals surface area contributed by atoms with Gasteiger partial charge in [-0.05, 0) is 37.8 Å². The summed E-state index contributed by atoms with van der Waals surface area (Å²) in [7, 11) is 0. The largest absolute Gasteiger partial charge is 0.352 e. The van der Waals surface area contributed by atoms with Crippen LogP contribution in [0.25, 0.3) is 0 Å². The molecule has 0 saturated heterocycles. The van der Waals surface area contributed by atoms with Gasteiger partial charge in [-0.1, -0.05) is 24.1 Å². The van der Waals surface area contributed by atoms with Gasteiger partial charge in [-0.3, -0.25) is 4.79 Å². The Labute approximate surface area is 90.7 Å². The molecule has 15 heavy (non-hydrogen) atoms. The average molecular weight is 203 g/mol. The Bertz CT molecular complexity index is 338. The van der Waals surface area contributed by atoms with Gasteiger partial charge < -0.3 is 5.32 Å². The van der Waals surface area contributed by atoms with Gasteiger partial charge in [0.05, 0.1) is 0 Å². The van der Waals surface area contributed by atoms with Crippen molar-refractivity contribution < 1.29 is 4.79 Å². The lowest BCUT2D eigenvalue weighted by Crippen LogP contribution is -2.32. The second-order valence-electron chi connectivity index (χ2n) is 4.37. The number of aryl methyl sites for hydroxylation is 1. The van der Waals surface area contributed by atoms with Crippen LogP contribution < -0.4 is 5.32 Å². The predicted octanol–water partition coefficient (Wildman–Crippen LogP) is 2.52. The summed E-state index contributed by atoms with van der Waals surface area (Å²) in [6.07, 6.45) is 3.87. The van der Waals surface area contributed by atoms with Gasteiger partial charge in [0.15, 0.2) is 0 Å². The van der Waals surface area contributed by atoms with Crippen LogP contribution in [0.2, 0.25) is 0 Å². The highest BCUT2D eigenvalue weighted by Gasteiger charge is 2.17. The molecule has 1 aliphatic rings. The highest BCUT2D eigenvalue weighted by Crippen LogP contribution is 2.25. The van der Waals surface area contributed by atoms with E-state index in [9.17, 15) is 4.79 Å². The van der Waals surface area contributed by atoms with Crippen molar-refractivity contribution in [3.63, 3.8) is 0 Å². The number of benzene rings is 1. The molecule has 2 nitrogen and oxygen atoms in total. The van der Waals surface area contributed by atoms with Crippen LogP contribution in [-0.4, -0.2) is 12.5 Å². The Morgan fingerprint density at radius 3 is 2.53 bits per heavy atom. The Kier molecular flexibility index (Phi) is 3.05. The van der Waals surface area contributed by atoms with Crippen LogP contribution in [0.4, 0.5) is 0 Å². The van der Waals surface area contributed by atoms with E-state index in [1.54, 1.807) is 0 Å². The van der Waals surface area contributed by atoms with Crippen LogP contribution in [0.3, 0.4) is 0 Å². The molecule has 0 bridgehead atoms. The lowest BCUT2D eigenvalue weighted by atomic mass is 9.85. The third-order valence-corrected chi connectivity index (χ3v) is 3.09. The first-order valence-corrected chi connectivity index (χ1v) is 5.60. The number of nitrogens with one attached hydrogen (secondary N) is 1. The van der Waals surface area contributed by atoms with Gasteiger partial charge in [-0.2, -0.15) is 0 Å². The van der Waals surface area contributed by atoms with Crippen LogP contribution in [0.15, 0.2) is 24.3 Å². The van der Waals surface area contributed by atoms with Crippen molar-refractivity contribution in [3.05, 3.63) is 35.4 Å². The fraction of sp³-hybridized carbons (Fsp3) is 0.462. The molecule has 0 spiro atoms. The SMILES string of the molecule is Cc1ccc(C(=O)NCC2CCC2)cc1. The monoisotopic (exact) mass is 203 g/mol. The molecule has 1 fully saturated rings. The molecule has 1 saturated carbocycles. The fourth-order valence-electron chi connectivity index (χ4n) is 1.74. The molecule has 2 rings (SSSR count). The first-order chi connectivity index (χ1) is 7.25. The summed E-state index contributed by atoms with van der Waals surface area (Å²) in [5.74, 6) is 0.779. The van der Waals surface area contributed by atoms with Gasteiger partial charge in [0.2, 0.25) is 0 Å². The molecular formula is C13H17NO. The van der Waals surface area contributed by atoms with E-state index < -0.39 is 0 Å². The third-order valence-electron chi connectivity index (χ3n) is 3.09. The fourth-order valence-corrected chi connectivity index (χ4v) is 1.74. The number of carbonyl (C=O) groups excluding carboxylic acids is 1. The van der Waals surface area contributed by atoms with E-state index in [0.717, 1.165) is 18.0 Å². The van der Waals surface area contributed by atoms with Gasteiger partial charge in [0.25, 0.3) is 5.91 Å². The summed E-state index contributed by atoms with van der Waals surface area (Å²) < 4.78 is 0. The van der Waals surface area contributed by atoms with Gasteiger partial charge in [0.1, 0.15) is 0 Å². The van der Waals surface area contributed by atoms with E-state index in [1.165, 1.54) is 24.8 Å². The van der Waals surface area contributed by atoms with E-state index in [1.807, 2.05) is 31.2 Å². The molecule has 1 aromatic rings. The molecule has 0 aromatic heterocycles. The highest BCUT2D eigenvalue weighted by molar-refractivity contribution is 5.94. The lowest BCUT2D eigenvalue weighted by molar-refractivity contribution is 0.0939. The summed E-state index contributed by atoms with van der Waals surface area (Å²) in [5.41, 5.74) is 1.95. The molecule has 1 aliphatic carbocycles. The molecule has 1 aromatic carbocycles. The van der Waals surface area contributed by atoms with E-state index >= 15 is 0 Å². The molecule has 0 radical (unpaired) electrons. The standard InChI is InChI=1S/C13H17NO/c1-10-5-7-12(8-6-10)13(15)14-9-11-3-2-4-11/h5-8,11H,2-4,9H2,1H3,(H,14,15). The van der Waals surface area contributed by atoms with E-state index in [0.29, 0.717) is 0 Å². The number of hydrogen-bond donors (Lipinski definition) is 1. The van der Waals surface area contributed by atoms with Crippen molar-refractivity contribution in [3.8, 4) is 0 Å². The Balaban J connectivity index is 1.86. The van der Waals surface area contributed by atoms with Crippen LogP contribution in [0.5, 0.6) is 0 Å². The summed E-state index contributed by atoms with van der Waals surface area (Å²) in [6, 6.07) is 7.70. The summed E-state index contributed by atoms with van der Waals surface area (Å²) in [4.78, 5) is 11.7. The zero-order valence-corrected chi connectivity index (χ0v) is 9.12. The Morgan fingerprint density at radius 1 is 1.33 bits per heavy atom. The van der Waals surface area contributed by atoms with Gasteiger partial charge in [0, 0.05) is 12.1 Å². The zero-order chi connectivity index (χ0) is 10.7. The van der Waals surface area contributed by atoms with Crippen LogP contribution >= 0.6 is 0 Å². The maximum Gasteiger partial charge on any atom is 0.251 e. The van der Waals surface area contributed by atoms with Crippen molar-refractivity contribution in [1.29, 1.82) is 0 Å². The Morgan fingerprint density at radius 2 is 2.00 bits per heavy atom. The summed E-state index contributed by atoms with van der Waals surface area (Å²) in [5, 5.41) is 2.98. The molecular weight excluding hydrogens is 186 g/mol. The van der Waals surface area contributed by atoms with Crippen LogP contribution in [0, 0.1) is 12.8 Å². The molecule has 0 aliphatic heterocycles. The van der Waals surface area contributed by atoms with E-state index in [-0.39, 0.29) is 5.91 Å². The van der Waals surface area contributed by atoms with Crippen LogP contribution in [0.1, 0.15) is 35.2 Å². The molecule has 1 N–H and O–H groups in total. The maximum absolute atomic E-state index is 11.7. The minimum Gasteiger partial charge on any atom is -0.352 e. The highest BCUT2D eigenvalue weighted by atomic mass is 16.1. The molecule has 2 heteroatoms. The molecule has 0 heterocycles. The lowest BCUT2D eigenvalue weighted by Gasteiger charge is -2.25. The maximum atomic E-state index is 11.7. The van der Waals surface area contributed by atoms with Gasteiger partial charge in [-0.25, -0.2) is 0 Å². The third kappa shape index (κ3) is 2.58. The number of amides is 1. The second kappa shape index (κ2) is 4.47.